The normalized spacial score (nSPS) is 10.3. The largest absolute Gasteiger partial charge is 0.332 e. The van der Waals surface area contributed by atoms with Crippen molar-refractivity contribution in [3.8, 4) is 0 Å². The fraction of sp³-hybridized carbons (Fsp3) is 0.0952. The van der Waals surface area contributed by atoms with Crippen LogP contribution in [0.25, 0.3) is 0 Å². The lowest BCUT2D eigenvalue weighted by Gasteiger charge is -2.16. The van der Waals surface area contributed by atoms with Crippen molar-refractivity contribution in [2.75, 3.05) is 10.6 Å². The second-order valence-corrected chi connectivity index (χ2v) is 6.63. The van der Waals surface area contributed by atoms with Crippen molar-refractivity contribution in [1.29, 1.82) is 0 Å². The van der Waals surface area contributed by atoms with Crippen molar-refractivity contribution in [3.05, 3.63) is 94.5 Å². The quantitative estimate of drug-likeness (QED) is 0.550. The van der Waals surface area contributed by atoms with E-state index in [4.69, 9.17) is 23.8 Å². The van der Waals surface area contributed by atoms with E-state index < -0.39 is 0 Å². The minimum absolute atomic E-state index is 0.547. The summed E-state index contributed by atoms with van der Waals surface area (Å²) in [6.45, 7) is 1.97. The highest BCUT2D eigenvalue weighted by Gasteiger charge is 2.07. The van der Waals surface area contributed by atoms with E-state index in [-0.39, 0.29) is 0 Å². The molecule has 0 atom stereocenters. The standard InChI is InChI=1S/C21H19ClN2S/c1-15-18(22)11-7-13-19(15)23-21(25)24-20-12-6-5-10-17(20)14-16-8-3-2-4-9-16/h2-13H,14H2,1H3,(H2,23,24,25). The third kappa shape index (κ3) is 4.59. The third-order valence-electron chi connectivity index (χ3n) is 4.02. The highest BCUT2D eigenvalue weighted by Crippen LogP contribution is 2.24. The zero-order valence-electron chi connectivity index (χ0n) is 13.9. The summed E-state index contributed by atoms with van der Waals surface area (Å²) in [6.07, 6.45) is 0.850. The molecule has 0 aliphatic carbocycles. The lowest BCUT2D eigenvalue weighted by molar-refractivity contribution is 1.19. The molecule has 0 radical (unpaired) electrons. The van der Waals surface area contributed by atoms with Crippen LogP contribution in [0.15, 0.2) is 72.8 Å². The Balaban J connectivity index is 1.74. The highest BCUT2D eigenvalue weighted by atomic mass is 35.5. The van der Waals surface area contributed by atoms with Gasteiger partial charge in [-0.05, 0) is 60.5 Å². The number of hydrogen-bond donors (Lipinski definition) is 2. The van der Waals surface area contributed by atoms with Crippen LogP contribution >= 0.6 is 23.8 Å². The van der Waals surface area contributed by atoms with Crippen LogP contribution in [0, 0.1) is 6.92 Å². The van der Waals surface area contributed by atoms with Crippen LogP contribution < -0.4 is 10.6 Å². The molecular weight excluding hydrogens is 348 g/mol. The molecule has 0 bridgehead atoms. The number of anilines is 2. The van der Waals surface area contributed by atoms with Gasteiger partial charge in [0.1, 0.15) is 0 Å². The van der Waals surface area contributed by atoms with Gasteiger partial charge in [0.2, 0.25) is 0 Å². The number of thiocarbonyl (C=S) groups is 1. The zero-order valence-corrected chi connectivity index (χ0v) is 15.5. The molecule has 3 rings (SSSR count). The van der Waals surface area contributed by atoms with Gasteiger partial charge in [0.05, 0.1) is 0 Å². The Kier molecular flexibility index (Phi) is 5.69. The molecule has 0 unspecified atom stereocenters. The predicted octanol–water partition coefficient (Wildman–Crippen LogP) is 6.05. The van der Waals surface area contributed by atoms with E-state index in [9.17, 15) is 0 Å². The first-order chi connectivity index (χ1) is 12.1. The van der Waals surface area contributed by atoms with Gasteiger partial charge in [0, 0.05) is 16.4 Å². The molecule has 126 valence electrons. The number of rotatable bonds is 4. The summed E-state index contributed by atoms with van der Waals surface area (Å²) in [5, 5.41) is 7.80. The Hall–Kier alpha value is -2.36. The van der Waals surface area contributed by atoms with Crippen molar-refractivity contribution in [2.45, 2.75) is 13.3 Å². The van der Waals surface area contributed by atoms with Crippen molar-refractivity contribution in [2.24, 2.45) is 0 Å². The molecule has 0 spiro atoms. The topological polar surface area (TPSA) is 24.1 Å². The number of nitrogens with one attached hydrogen (secondary N) is 2. The van der Waals surface area contributed by atoms with Crippen LogP contribution in [0.3, 0.4) is 0 Å². The number of hydrogen-bond acceptors (Lipinski definition) is 1. The van der Waals surface area contributed by atoms with E-state index >= 15 is 0 Å². The van der Waals surface area contributed by atoms with Gasteiger partial charge in [-0.2, -0.15) is 0 Å². The van der Waals surface area contributed by atoms with Crippen LogP contribution in [0.1, 0.15) is 16.7 Å². The molecule has 2 nitrogen and oxygen atoms in total. The van der Waals surface area contributed by atoms with E-state index in [1.54, 1.807) is 0 Å². The molecule has 25 heavy (non-hydrogen) atoms. The van der Waals surface area contributed by atoms with Gasteiger partial charge in [-0.3, -0.25) is 0 Å². The maximum absolute atomic E-state index is 6.17. The molecule has 4 heteroatoms. The summed E-state index contributed by atoms with van der Waals surface area (Å²) >= 11 is 11.6. The van der Waals surface area contributed by atoms with Crippen LogP contribution in [0.2, 0.25) is 5.02 Å². The SMILES string of the molecule is Cc1c(Cl)cccc1NC(=S)Nc1ccccc1Cc1ccccc1. The van der Waals surface area contributed by atoms with Crippen LogP contribution in [0.5, 0.6) is 0 Å². The molecule has 0 amide bonds. The molecule has 3 aromatic rings. The zero-order chi connectivity index (χ0) is 17.6. The van der Waals surface area contributed by atoms with Gasteiger partial charge in [0.25, 0.3) is 0 Å². The van der Waals surface area contributed by atoms with Gasteiger partial charge in [0.15, 0.2) is 5.11 Å². The maximum atomic E-state index is 6.17. The summed E-state index contributed by atoms with van der Waals surface area (Å²) < 4.78 is 0. The lowest BCUT2D eigenvalue weighted by atomic mass is 10.0. The van der Waals surface area contributed by atoms with Crippen molar-refractivity contribution >= 4 is 40.3 Å². The Morgan fingerprint density at radius 2 is 1.48 bits per heavy atom. The summed E-state index contributed by atoms with van der Waals surface area (Å²) in [5.74, 6) is 0. The molecule has 0 aliphatic heterocycles. The Labute approximate surface area is 158 Å². The molecule has 2 N–H and O–H groups in total. The monoisotopic (exact) mass is 366 g/mol. The van der Waals surface area contributed by atoms with E-state index in [1.165, 1.54) is 11.1 Å². The molecule has 0 aliphatic rings. The minimum atomic E-state index is 0.547. The minimum Gasteiger partial charge on any atom is -0.332 e. The molecule has 3 aromatic carbocycles. The summed E-state index contributed by atoms with van der Waals surface area (Å²) in [7, 11) is 0. The summed E-state index contributed by atoms with van der Waals surface area (Å²) in [6, 6.07) is 24.3. The van der Waals surface area contributed by atoms with E-state index in [0.717, 1.165) is 28.4 Å². The van der Waals surface area contributed by atoms with E-state index in [1.807, 2.05) is 49.4 Å². The summed E-state index contributed by atoms with van der Waals surface area (Å²) in [5.41, 5.74) is 5.35. The molecular formula is C21H19ClN2S. The first kappa shape index (κ1) is 17.5. The first-order valence-corrected chi connectivity index (χ1v) is 8.87. The second-order valence-electron chi connectivity index (χ2n) is 5.81. The van der Waals surface area contributed by atoms with Crippen molar-refractivity contribution < 1.29 is 0 Å². The highest BCUT2D eigenvalue weighted by molar-refractivity contribution is 7.80. The number of benzene rings is 3. The van der Waals surface area contributed by atoms with E-state index in [0.29, 0.717) is 5.11 Å². The maximum Gasteiger partial charge on any atom is 0.175 e. The van der Waals surface area contributed by atoms with Gasteiger partial charge in [-0.15, -0.1) is 0 Å². The van der Waals surface area contributed by atoms with Gasteiger partial charge in [-0.25, -0.2) is 0 Å². The van der Waals surface area contributed by atoms with Crippen LogP contribution in [-0.4, -0.2) is 5.11 Å². The molecule has 0 saturated heterocycles. The Morgan fingerprint density at radius 3 is 2.28 bits per heavy atom. The van der Waals surface area contributed by atoms with E-state index in [2.05, 4.69) is 41.0 Å². The summed E-state index contributed by atoms with van der Waals surface area (Å²) in [4.78, 5) is 0. The predicted molar refractivity (Wildman–Crippen MR) is 112 cm³/mol. The molecule has 0 aromatic heterocycles. The Bertz CT molecular complexity index is 878. The van der Waals surface area contributed by atoms with Crippen LogP contribution in [0.4, 0.5) is 11.4 Å². The van der Waals surface area contributed by atoms with Gasteiger partial charge < -0.3 is 10.6 Å². The number of halogens is 1. The smallest absolute Gasteiger partial charge is 0.175 e. The van der Waals surface area contributed by atoms with Crippen molar-refractivity contribution in [1.82, 2.24) is 0 Å². The first-order valence-electron chi connectivity index (χ1n) is 8.08. The lowest BCUT2D eigenvalue weighted by Crippen LogP contribution is -2.20. The molecule has 0 saturated carbocycles. The second kappa shape index (κ2) is 8.15. The van der Waals surface area contributed by atoms with Crippen LogP contribution in [-0.2, 0) is 6.42 Å². The average Bonchev–Trinajstić information content (AvgIpc) is 2.62. The Morgan fingerprint density at radius 1 is 0.840 bits per heavy atom. The average molecular weight is 367 g/mol. The fourth-order valence-electron chi connectivity index (χ4n) is 2.63. The fourth-order valence-corrected chi connectivity index (χ4v) is 3.03. The third-order valence-corrected chi connectivity index (χ3v) is 4.63. The van der Waals surface area contributed by atoms with Gasteiger partial charge >= 0.3 is 0 Å². The molecule has 0 heterocycles. The molecule has 0 fully saturated rings. The van der Waals surface area contributed by atoms with Gasteiger partial charge in [-0.1, -0.05) is 66.2 Å². The number of para-hydroxylation sites is 1. The van der Waals surface area contributed by atoms with Crippen molar-refractivity contribution in [3.63, 3.8) is 0 Å².